The van der Waals surface area contributed by atoms with Gasteiger partial charge in [-0.2, -0.15) is 0 Å². The number of aliphatic hydroxyl groups excluding tert-OH is 1. The third-order valence-electron chi connectivity index (χ3n) is 6.41. The molecule has 0 amide bonds. The Bertz CT molecular complexity index is 330. The molecule has 16 heavy (non-hydrogen) atoms. The molecule has 0 saturated heterocycles. The van der Waals surface area contributed by atoms with E-state index in [2.05, 4.69) is 20.4 Å². The number of allylic oxidation sites excluding steroid dienone is 1. The molecule has 2 bridgehead atoms. The Kier molecular flexibility index (Phi) is 2.12. The lowest BCUT2D eigenvalue weighted by molar-refractivity contribution is -0.0419. The molecule has 0 heterocycles. The van der Waals surface area contributed by atoms with Crippen molar-refractivity contribution < 1.29 is 5.11 Å². The van der Waals surface area contributed by atoms with E-state index in [-0.39, 0.29) is 0 Å². The van der Waals surface area contributed by atoms with Crippen molar-refractivity contribution in [3.8, 4) is 0 Å². The van der Waals surface area contributed by atoms with Gasteiger partial charge in [-0.3, -0.25) is 0 Å². The Morgan fingerprint density at radius 1 is 1.38 bits per heavy atom. The molecular weight excluding hydrogens is 196 g/mol. The Labute approximate surface area is 98.9 Å². The molecule has 3 rings (SSSR count). The normalized spacial score (nSPS) is 49.4. The topological polar surface area (TPSA) is 20.2 Å². The molecule has 1 spiro atoms. The van der Waals surface area contributed by atoms with Crippen molar-refractivity contribution in [2.45, 2.75) is 46.0 Å². The number of hydrogen-bond donors (Lipinski definition) is 1. The minimum absolute atomic E-state index is 0.337. The summed E-state index contributed by atoms with van der Waals surface area (Å²) in [7, 11) is 0. The second-order valence-electron chi connectivity index (χ2n) is 6.96. The van der Waals surface area contributed by atoms with Crippen LogP contribution >= 0.6 is 0 Å². The molecule has 0 radical (unpaired) electrons. The van der Waals surface area contributed by atoms with Crippen LogP contribution in [0.2, 0.25) is 0 Å². The van der Waals surface area contributed by atoms with E-state index in [1.54, 1.807) is 0 Å². The summed E-state index contributed by atoms with van der Waals surface area (Å²) >= 11 is 0. The van der Waals surface area contributed by atoms with E-state index in [1.807, 2.05) is 0 Å². The Morgan fingerprint density at radius 2 is 2.12 bits per heavy atom. The molecule has 90 valence electrons. The van der Waals surface area contributed by atoms with Gasteiger partial charge in [0.25, 0.3) is 0 Å². The number of hydrogen-bond acceptors (Lipinski definition) is 1. The van der Waals surface area contributed by atoms with Crippen molar-refractivity contribution >= 4 is 0 Å². The molecule has 0 aliphatic heterocycles. The minimum atomic E-state index is 0.337. The fraction of sp³-hybridized carbons (Fsp3) is 0.867. The lowest BCUT2D eigenvalue weighted by Gasteiger charge is -2.51. The van der Waals surface area contributed by atoms with Crippen LogP contribution in [-0.4, -0.2) is 11.7 Å². The van der Waals surface area contributed by atoms with Crippen LogP contribution < -0.4 is 0 Å². The van der Waals surface area contributed by atoms with Gasteiger partial charge in [0.2, 0.25) is 0 Å². The molecule has 1 N–H and O–H groups in total. The first-order valence-electron chi connectivity index (χ1n) is 6.81. The smallest absolute Gasteiger partial charge is 0.0467 e. The predicted octanol–water partition coefficient (Wildman–Crippen LogP) is 3.39. The van der Waals surface area contributed by atoms with Crippen molar-refractivity contribution in [1.29, 1.82) is 0 Å². The maximum absolute atomic E-state index is 9.79. The monoisotopic (exact) mass is 220 g/mol. The molecule has 3 aliphatic carbocycles. The summed E-state index contributed by atoms with van der Waals surface area (Å²) in [6.07, 6.45) is 6.56. The largest absolute Gasteiger partial charge is 0.396 e. The number of rotatable bonds is 1. The van der Waals surface area contributed by atoms with Gasteiger partial charge < -0.3 is 5.11 Å². The van der Waals surface area contributed by atoms with E-state index in [0.29, 0.717) is 23.4 Å². The predicted molar refractivity (Wildman–Crippen MR) is 66.0 cm³/mol. The summed E-state index contributed by atoms with van der Waals surface area (Å²) in [5.74, 6) is 2.04. The van der Waals surface area contributed by atoms with Crippen LogP contribution in [-0.2, 0) is 0 Å². The average molecular weight is 220 g/mol. The van der Waals surface area contributed by atoms with Crippen LogP contribution in [0.1, 0.15) is 46.0 Å². The van der Waals surface area contributed by atoms with Gasteiger partial charge in [-0.15, -0.1) is 0 Å². The highest BCUT2D eigenvalue weighted by Gasteiger charge is 2.62. The highest BCUT2D eigenvalue weighted by Crippen LogP contribution is 2.70. The summed E-state index contributed by atoms with van der Waals surface area (Å²) in [6.45, 7) is 9.49. The van der Waals surface area contributed by atoms with Gasteiger partial charge in [0, 0.05) is 6.61 Å². The van der Waals surface area contributed by atoms with Crippen LogP contribution in [0.3, 0.4) is 0 Å². The lowest BCUT2D eigenvalue weighted by atomic mass is 9.54. The molecule has 0 aromatic carbocycles. The third kappa shape index (κ3) is 1.06. The van der Waals surface area contributed by atoms with Gasteiger partial charge in [-0.1, -0.05) is 26.0 Å². The van der Waals surface area contributed by atoms with Gasteiger partial charge in [-0.05, 0) is 60.7 Å². The molecule has 3 saturated carbocycles. The van der Waals surface area contributed by atoms with Crippen molar-refractivity contribution in [3.05, 3.63) is 12.2 Å². The molecule has 1 nitrogen and oxygen atoms in total. The number of aliphatic hydroxyl groups is 1. The second kappa shape index (κ2) is 3.13. The molecular formula is C15H24O. The fourth-order valence-electron chi connectivity index (χ4n) is 5.26. The molecule has 3 aliphatic rings. The van der Waals surface area contributed by atoms with E-state index < -0.39 is 0 Å². The van der Waals surface area contributed by atoms with Gasteiger partial charge in [-0.25, -0.2) is 0 Å². The van der Waals surface area contributed by atoms with Gasteiger partial charge in [0.05, 0.1) is 0 Å². The first-order chi connectivity index (χ1) is 7.52. The molecule has 1 heteroatoms. The van der Waals surface area contributed by atoms with Gasteiger partial charge in [0.15, 0.2) is 0 Å². The molecule has 4 atom stereocenters. The van der Waals surface area contributed by atoms with Crippen molar-refractivity contribution in [1.82, 2.24) is 0 Å². The molecule has 0 aromatic heterocycles. The van der Waals surface area contributed by atoms with Crippen LogP contribution in [0.5, 0.6) is 0 Å². The molecule has 0 unspecified atom stereocenters. The van der Waals surface area contributed by atoms with Crippen molar-refractivity contribution in [3.63, 3.8) is 0 Å². The quantitative estimate of drug-likeness (QED) is 0.672. The standard InChI is InChI=1S/C15H24O/c1-10-4-5-12-13(9-16)14(2,3)11-6-7-15(10,12)8-11/h11-13,16H,1,4-9H2,2-3H3/t11-,12-,13-,15+/m1/s1. The molecule has 0 aromatic rings. The zero-order valence-corrected chi connectivity index (χ0v) is 10.6. The SMILES string of the molecule is C=C1CC[C@@H]2[C@@H](CO)C(C)(C)[C@@H]3CC[C@]12C3. The summed E-state index contributed by atoms with van der Waals surface area (Å²) in [6, 6.07) is 0. The zero-order chi connectivity index (χ0) is 11.6. The maximum Gasteiger partial charge on any atom is 0.0467 e. The van der Waals surface area contributed by atoms with Crippen molar-refractivity contribution in [2.24, 2.45) is 28.6 Å². The first kappa shape index (κ1) is 10.8. The number of fused-ring (bicyclic) bond motifs is 1. The second-order valence-corrected chi connectivity index (χ2v) is 6.96. The van der Waals surface area contributed by atoms with E-state index in [1.165, 1.54) is 37.7 Å². The van der Waals surface area contributed by atoms with Crippen LogP contribution in [0.4, 0.5) is 0 Å². The van der Waals surface area contributed by atoms with Crippen LogP contribution in [0, 0.1) is 28.6 Å². The van der Waals surface area contributed by atoms with Crippen LogP contribution in [0.25, 0.3) is 0 Å². The fourth-order valence-corrected chi connectivity index (χ4v) is 5.26. The summed E-state index contributed by atoms with van der Waals surface area (Å²) in [4.78, 5) is 0. The van der Waals surface area contributed by atoms with Gasteiger partial charge >= 0.3 is 0 Å². The summed E-state index contributed by atoms with van der Waals surface area (Å²) in [5, 5.41) is 9.79. The first-order valence-corrected chi connectivity index (χ1v) is 6.81. The highest BCUT2D eigenvalue weighted by atomic mass is 16.3. The molecule has 3 fully saturated rings. The third-order valence-corrected chi connectivity index (χ3v) is 6.41. The average Bonchev–Trinajstić information content (AvgIpc) is 2.78. The van der Waals surface area contributed by atoms with E-state index in [4.69, 9.17) is 0 Å². The Morgan fingerprint density at radius 3 is 2.81 bits per heavy atom. The summed E-state index contributed by atoms with van der Waals surface area (Å²) in [5.41, 5.74) is 2.28. The maximum atomic E-state index is 9.79. The van der Waals surface area contributed by atoms with Crippen LogP contribution in [0.15, 0.2) is 12.2 Å². The summed E-state index contributed by atoms with van der Waals surface area (Å²) < 4.78 is 0. The van der Waals surface area contributed by atoms with E-state index in [0.717, 1.165) is 11.8 Å². The minimum Gasteiger partial charge on any atom is -0.396 e. The van der Waals surface area contributed by atoms with Gasteiger partial charge in [0.1, 0.15) is 0 Å². The van der Waals surface area contributed by atoms with E-state index in [9.17, 15) is 5.11 Å². The highest BCUT2D eigenvalue weighted by molar-refractivity contribution is 5.25. The lowest BCUT2D eigenvalue weighted by Crippen LogP contribution is -2.46. The van der Waals surface area contributed by atoms with Crippen molar-refractivity contribution in [2.75, 3.05) is 6.61 Å². The Balaban J connectivity index is 2.05. The Hall–Kier alpha value is -0.300. The van der Waals surface area contributed by atoms with E-state index >= 15 is 0 Å². The zero-order valence-electron chi connectivity index (χ0n) is 10.6.